The number of hydrogen-bond acceptors (Lipinski definition) is 0. The van der Waals surface area contributed by atoms with Crippen molar-refractivity contribution >= 4 is 21.3 Å². The maximum atomic E-state index is 2.69. The van der Waals surface area contributed by atoms with Crippen LogP contribution >= 0.6 is 0 Å². The summed E-state index contributed by atoms with van der Waals surface area (Å²) in [5, 5.41) is 1.76. The molecule has 2 aliphatic rings. The van der Waals surface area contributed by atoms with E-state index in [9.17, 15) is 0 Å². The van der Waals surface area contributed by atoms with Crippen LogP contribution in [0.3, 0.4) is 0 Å². The lowest BCUT2D eigenvalue weighted by molar-refractivity contribution is 0.384. The molecule has 2 atom stereocenters. The van der Waals surface area contributed by atoms with E-state index in [1.54, 1.807) is 28.4 Å². The summed E-state index contributed by atoms with van der Waals surface area (Å²) in [5.74, 6) is 2.06. The molecule has 1 aromatic rings. The van der Waals surface area contributed by atoms with Crippen molar-refractivity contribution in [3.63, 3.8) is 0 Å². The molecule has 1 heterocycles. The van der Waals surface area contributed by atoms with Crippen molar-refractivity contribution in [1.82, 2.24) is 0 Å². The molecular weight excluding hydrogens is 320 g/mol. The standard InChI is InChI=1S/C22H38Si2/c1-6-23(7-2)16-20-13-18-11-12-22(24(8-3,9-4)10-5)15-19(18)14-21(20)17-23/h11-12,15,20-21H,6-10,13-14,16-17H2,1-5H3/t20-,21-/m1/s1. The quantitative estimate of drug-likeness (QED) is 0.528. The first-order chi connectivity index (χ1) is 11.5. The van der Waals surface area contributed by atoms with Crippen LogP contribution in [0.4, 0.5) is 0 Å². The molecule has 24 heavy (non-hydrogen) atoms. The van der Waals surface area contributed by atoms with Gasteiger partial charge in [-0.25, -0.2) is 0 Å². The Kier molecular flexibility index (Phi) is 5.46. The molecule has 2 heteroatoms. The minimum Gasteiger partial charge on any atom is -0.0678 e. The average Bonchev–Trinajstić information content (AvgIpc) is 2.99. The van der Waals surface area contributed by atoms with Gasteiger partial charge >= 0.3 is 0 Å². The number of benzene rings is 1. The molecule has 0 radical (unpaired) electrons. The smallest absolute Gasteiger partial charge is 0.0678 e. The van der Waals surface area contributed by atoms with Crippen LogP contribution in [0.25, 0.3) is 0 Å². The van der Waals surface area contributed by atoms with Crippen molar-refractivity contribution in [3.05, 3.63) is 29.3 Å². The third-order valence-electron chi connectivity index (χ3n) is 8.37. The lowest BCUT2D eigenvalue weighted by Gasteiger charge is -2.32. The lowest BCUT2D eigenvalue weighted by atomic mass is 9.78. The van der Waals surface area contributed by atoms with E-state index < -0.39 is 16.1 Å². The van der Waals surface area contributed by atoms with Crippen molar-refractivity contribution in [1.29, 1.82) is 0 Å². The largest absolute Gasteiger partial charge is 0.0859 e. The zero-order chi connectivity index (χ0) is 17.4. The monoisotopic (exact) mass is 358 g/mol. The Hall–Kier alpha value is -0.346. The fraction of sp³-hybridized carbons (Fsp3) is 0.727. The van der Waals surface area contributed by atoms with Gasteiger partial charge in [0.1, 0.15) is 0 Å². The van der Waals surface area contributed by atoms with Gasteiger partial charge in [-0.1, -0.05) is 100 Å². The predicted octanol–water partition coefficient (Wildman–Crippen LogP) is 6.24. The molecule has 3 rings (SSSR count). The van der Waals surface area contributed by atoms with E-state index in [0.29, 0.717) is 0 Å². The van der Waals surface area contributed by atoms with E-state index in [2.05, 4.69) is 52.8 Å². The summed E-state index contributed by atoms with van der Waals surface area (Å²) in [7, 11) is -2.13. The second-order valence-corrected chi connectivity index (χ2v) is 19.4. The Morgan fingerprint density at radius 2 is 1.38 bits per heavy atom. The Bertz CT molecular complexity index is 561. The summed E-state index contributed by atoms with van der Waals surface area (Å²) < 4.78 is 0. The van der Waals surface area contributed by atoms with Gasteiger partial charge < -0.3 is 0 Å². The molecule has 1 aliphatic carbocycles. The Labute approximate surface area is 152 Å². The maximum absolute atomic E-state index is 2.69. The highest BCUT2D eigenvalue weighted by atomic mass is 28.3. The van der Waals surface area contributed by atoms with Gasteiger partial charge in [0.15, 0.2) is 0 Å². The van der Waals surface area contributed by atoms with E-state index >= 15 is 0 Å². The summed E-state index contributed by atoms with van der Waals surface area (Å²) in [6.07, 6.45) is 2.80. The third kappa shape index (κ3) is 2.98. The number of rotatable bonds is 6. The highest BCUT2D eigenvalue weighted by molar-refractivity contribution is 6.91. The lowest BCUT2D eigenvalue weighted by Crippen LogP contribution is -2.46. The van der Waals surface area contributed by atoms with Crippen LogP contribution in [-0.2, 0) is 12.8 Å². The summed E-state index contributed by atoms with van der Waals surface area (Å²) >= 11 is 0. The van der Waals surface area contributed by atoms with Crippen molar-refractivity contribution in [2.75, 3.05) is 0 Å². The van der Waals surface area contributed by atoms with Crippen molar-refractivity contribution < 1.29 is 0 Å². The van der Waals surface area contributed by atoms with Crippen LogP contribution in [0, 0.1) is 11.8 Å². The first kappa shape index (κ1) is 18.4. The molecule has 0 saturated carbocycles. The summed E-state index contributed by atoms with van der Waals surface area (Å²) in [6.45, 7) is 12.3. The molecule has 1 saturated heterocycles. The van der Waals surface area contributed by atoms with E-state index in [1.165, 1.54) is 43.1 Å². The Morgan fingerprint density at radius 3 is 1.88 bits per heavy atom. The molecule has 0 bridgehead atoms. The van der Waals surface area contributed by atoms with Gasteiger partial charge in [-0.2, -0.15) is 0 Å². The van der Waals surface area contributed by atoms with Crippen molar-refractivity contribution in [2.45, 2.75) is 89.8 Å². The fourth-order valence-corrected chi connectivity index (χ4v) is 14.7. The fourth-order valence-electron chi connectivity index (χ4n) is 6.11. The van der Waals surface area contributed by atoms with Gasteiger partial charge in [-0.05, 0) is 35.8 Å². The van der Waals surface area contributed by atoms with E-state index in [4.69, 9.17) is 0 Å². The van der Waals surface area contributed by atoms with Crippen molar-refractivity contribution in [3.8, 4) is 0 Å². The molecule has 1 fully saturated rings. The normalized spacial score (nSPS) is 25.4. The molecule has 134 valence electrons. The molecular formula is C22H38Si2. The van der Waals surface area contributed by atoms with Crippen LogP contribution < -0.4 is 5.19 Å². The minimum absolute atomic E-state index is 0.910. The molecule has 0 aromatic heterocycles. The topological polar surface area (TPSA) is 0 Å². The summed E-state index contributed by atoms with van der Waals surface area (Å²) in [4.78, 5) is 0. The van der Waals surface area contributed by atoms with Gasteiger partial charge in [0.25, 0.3) is 0 Å². The zero-order valence-corrected chi connectivity index (χ0v) is 18.8. The summed E-state index contributed by atoms with van der Waals surface area (Å²) in [6, 6.07) is 18.3. The van der Waals surface area contributed by atoms with Crippen molar-refractivity contribution in [2.24, 2.45) is 11.8 Å². The molecule has 1 aromatic carbocycles. The number of fused-ring (bicyclic) bond motifs is 2. The molecule has 1 aliphatic heterocycles. The molecule has 0 spiro atoms. The van der Waals surface area contributed by atoms with Crippen LogP contribution in [-0.4, -0.2) is 16.1 Å². The number of hydrogen-bond donors (Lipinski definition) is 0. The van der Waals surface area contributed by atoms with E-state index in [-0.39, 0.29) is 0 Å². The third-order valence-corrected chi connectivity index (χ3v) is 19.7. The van der Waals surface area contributed by atoms with Gasteiger partial charge in [0.05, 0.1) is 16.1 Å². The second-order valence-electron chi connectivity index (χ2n) is 8.87. The van der Waals surface area contributed by atoms with Crippen LogP contribution in [0.2, 0.25) is 42.3 Å². The first-order valence-corrected chi connectivity index (χ1v) is 16.1. The maximum Gasteiger partial charge on any atom is 0.0859 e. The average molecular weight is 359 g/mol. The molecule has 0 nitrogen and oxygen atoms in total. The van der Waals surface area contributed by atoms with Gasteiger partial charge in [-0.15, -0.1) is 0 Å². The molecule has 0 amide bonds. The van der Waals surface area contributed by atoms with Crippen LogP contribution in [0.5, 0.6) is 0 Å². The predicted molar refractivity (Wildman–Crippen MR) is 114 cm³/mol. The first-order valence-electron chi connectivity index (χ1n) is 10.7. The highest BCUT2D eigenvalue weighted by Crippen LogP contribution is 2.49. The van der Waals surface area contributed by atoms with Gasteiger partial charge in [-0.3, -0.25) is 0 Å². The van der Waals surface area contributed by atoms with Gasteiger partial charge in [0, 0.05) is 0 Å². The van der Waals surface area contributed by atoms with E-state index in [0.717, 1.165) is 11.8 Å². The Balaban J connectivity index is 1.87. The Morgan fingerprint density at radius 1 is 0.833 bits per heavy atom. The van der Waals surface area contributed by atoms with Crippen LogP contribution in [0.15, 0.2) is 18.2 Å². The van der Waals surface area contributed by atoms with E-state index in [1.807, 2.05) is 0 Å². The van der Waals surface area contributed by atoms with Crippen LogP contribution in [0.1, 0.15) is 45.7 Å². The second kappa shape index (κ2) is 7.11. The summed E-state index contributed by atoms with van der Waals surface area (Å²) in [5.41, 5.74) is 3.46. The molecule has 0 N–H and O–H groups in total. The minimum atomic E-state index is -1.22. The molecule has 0 unspecified atom stereocenters. The highest BCUT2D eigenvalue weighted by Gasteiger charge is 2.46. The zero-order valence-electron chi connectivity index (χ0n) is 16.8. The van der Waals surface area contributed by atoms with Gasteiger partial charge in [0.2, 0.25) is 0 Å². The SMILES string of the molecule is CC[Si]1(CC)C[C@H]2Cc3ccc([Si](CC)(CC)CC)cc3C[C@@H]2C1.